The van der Waals surface area contributed by atoms with Crippen molar-refractivity contribution in [3.8, 4) is 0 Å². The van der Waals surface area contributed by atoms with Gasteiger partial charge in [-0.1, -0.05) is 68.3 Å². The van der Waals surface area contributed by atoms with Crippen LogP contribution in [0.5, 0.6) is 0 Å². The van der Waals surface area contributed by atoms with Gasteiger partial charge >= 0.3 is 0 Å². The highest BCUT2D eigenvalue weighted by molar-refractivity contribution is 6.04. The fourth-order valence-corrected chi connectivity index (χ4v) is 2.82. The average Bonchev–Trinajstić information content (AvgIpc) is 2.70. The topological polar surface area (TPSA) is 76.3 Å². The summed E-state index contributed by atoms with van der Waals surface area (Å²) < 4.78 is 1.38. The first kappa shape index (κ1) is 18.5. The number of rotatable bonds is 7. The molecule has 0 bridgehead atoms. The van der Waals surface area contributed by atoms with Gasteiger partial charge in [-0.05, 0) is 18.1 Å². The lowest BCUT2D eigenvalue weighted by Gasteiger charge is -2.10. The fraction of sp³-hybridized carbons (Fsp3) is 0.238. The van der Waals surface area contributed by atoms with E-state index in [1.54, 1.807) is 30.5 Å². The quantitative estimate of drug-likeness (QED) is 0.398. The number of nitrogens with one attached hydrogen (secondary N) is 1. The highest BCUT2D eigenvalue weighted by Crippen LogP contribution is 2.13. The maximum atomic E-state index is 12.6. The van der Waals surface area contributed by atoms with E-state index in [1.807, 2.05) is 30.3 Å². The Morgan fingerprint density at radius 1 is 1.07 bits per heavy atom. The van der Waals surface area contributed by atoms with E-state index in [0.717, 1.165) is 24.8 Å². The van der Waals surface area contributed by atoms with Gasteiger partial charge in [-0.25, -0.2) is 10.1 Å². The molecular weight excluding hydrogens is 340 g/mol. The Hall–Kier alpha value is -3.28. The molecule has 0 aliphatic carbocycles. The summed E-state index contributed by atoms with van der Waals surface area (Å²) in [5, 5.41) is 9.33. The van der Waals surface area contributed by atoms with Crippen molar-refractivity contribution in [2.75, 3.05) is 0 Å². The number of aryl methyl sites for hydroxylation is 1. The summed E-state index contributed by atoms with van der Waals surface area (Å²) in [5.74, 6) is -0.442. The van der Waals surface area contributed by atoms with Crippen molar-refractivity contribution in [3.63, 3.8) is 0 Å². The molecule has 1 amide bonds. The van der Waals surface area contributed by atoms with Crippen LogP contribution in [0.2, 0.25) is 0 Å². The minimum absolute atomic E-state index is 0.175. The lowest BCUT2D eigenvalue weighted by atomic mass is 10.1. The first-order valence-electron chi connectivity index (χ1n) is 9.09. The van der Waals surface area contributed by atoms with Crippen LogP contribution in [-0.4, -0.2) is 21.9 Å². The van der Waals surface area contributed by atoms with Crippen molar-refractivity contribution >= 4 is 22.9 Å². The molecule has 3 rings (SSSR count). The van der Waals surface area contributed by atoms with Crippen LogP contribution in [0.3, 0.4) is 0 Å². The molecule has 0 unspecified atom stereocenters. The van der Waals surface area contributed by atoms with Crippen LogP contribution < -0.4 is 11.0 Å². The van der Waals surface area contributed by atoms with Crippen molar-refractivity contribution in [2.45, 2.75) is 32.7 Å². The smallest absolute Gasteiger partial charge is 0.267 e. The zero-order chi connectivity index (χ0) is 19.1. The van der Waals surface area contributed by atoms with E-state index in [-0.39, 0.29) is 11.3 Å². The van der Waals surface area contributed by atoms with Crippen LogP contribution in [0.15, 0.2) is 64.5 Å². The number of amides is 1. The molecule has 0 spiro atoms. The third-order valence-corrected chi connectivity index (χ3v) is 4.24. The lowest BCUT2D eigenvalue weighted by Crippen LogP contribution is -2.29. The summed E-state index contributed by atoms with van der Waals surface area (Å²) in [4.78, 5) is 25.3. The summed E-state index contributed by atoms with van der Waals surface area (Å²) in [7, 11) is 0. The molecular formula is C21H22N4O2. The molecule has 1 heterocycles. The van der Waals surface area contributed by atoms with Crippen LogP contribution >= 0.6 is 0 Å². The van der Waals surface area contributed by atoms with Gasteiger partial charge in [0.2, 0.25) is 0 Å². The van der Waals surface area contributed by atoms with E-state index >= 15 is 0 Å². The maximum Gasteiger partial charge on any atom is 0.292 e. The van der Waals surface area contributed by atoms with Crippen molar-refractivity contribution in [3.05, 3.63) is 76.2 Å². The number of unbranched alkanes of at least 4 members (excludes halogenated alkanes) is 2. The number of carbonyl (C=O) groups is 1. The van der Waals surface area contributed by atoms with E-state index in [1.165, 1.54) is 4.68 Å². The van der Waals surface area contributed by atoms with Crippen LogP contribution in [0.4, 0.5) is 0 Å². The summed E-state index contributed by atoms with van der Waals surface area (Å²) in [6.45, 7) is 2.59. The van der Waals surface area contributed by atoms with Crippen molar-refractivity contribution < 1.29 is 4.79 Å². The number of hydrogen-bond donors (Lipinski definition) is 1. The monoisotopic (exact) mass is 362 g/mol. The van der Waals surface area contributed by atoms with Crippen LogP contribution in [-0.2, 0) is 6.54 Å². The Bertz CT molecular complexity index is 1010. The van der Waals surface area contributed by atoms with Gasteiger partial charge < -0.3 is 0 Å². The summed E-state index contributed by atoms with van der Waals surface area (Å²) in [6, 6.07) is 16.5. The second-order valence-electron chi connectivity index (χ2n) is 6.24. The third-order valence-electron chi connectivity index (χ3n) is 4.24. The van der Waals surface area contributed by atoms with Gasteiger partial charge in [0.1, 0.15) is 0 Å². The van der Waals surface area contributed by atoms with E-state index in [0.29, 0.717) is 17.3 Å². The van der Waals surface area contributed by atoms with Gasteiger partial charge in [-0.15, -0.1) is 0 Å². The molecule has 27 heavy (non-hydrogen) atoms. The molecule has 0 aliphatic heterocycles. The summed E-state index contributed by atoms with van der Waals surface area (Å²) in [5.41, 5.74) is 3.41. The second kappa shape index (κ2) is 8.89. The van der Waals surface area contributed by atoms with E-state index in [4.69, 9.17) is 0 Å². The predicted octanol–water partition coefficient (Wildman–Crippen LogP) is 3.35. The fourth-order valence-electron chi connectivity index (χ4n) is 2.82. The molecule has 1 aromatic heterocycles. The predicted molar refractivity (Wildman–Crippen MR) is 107 cm³/mol. The Kier molecular flexibility index (Phi) is 6.10. The number of nitrogens with zero attached hydrogens (tertiary/aromatic N) is 3. The average molecular weight is 362 g/mol. The molecule has 0 fully saturated rings. The van der Waals surface area contributed by atoms with Gasteiger partial charge in [0, 0.05) is 11.9 Å². The van der Waals surface area contributed by atoms with Crippen LogP contribution in [0.25, 0.3) is 10.8 Å². The number of aromatic nitrogens is 2. The first-order chi connectivity index (χ1) is 13.2. The molecule has 0 aliphatic rings. The van der Waals surface area contributed by atoms with Crippen LogP contribution in [0, 0.1) is 0 Å². The zero-order valence-corrected chi connectivity index (χ0v) is 15.3. The second-order valence-corrected chi connectivity index (χ2v) is 6.24. The molecule has 6 heteroatoms. The third kappa shape index (κ3) is 4.47. The van der Waals surface area contributed by atoms with Crippen molar-refractivity contribution in [2.24, 2.45) is 5.10 Å². The van der Waals surface area contributed by atoms with Gasteiger partial charge in [0.25, 0.3) is 11.5 Å². The molecule has 6 nitrogen and oxygen atoms in total. The number of fused-ring (bicyclic) bond motifs is 1. The largest absolute Gasteiger partial charge is 0.292 e. The standard InChI is InChI=1S/C21H22N4O2/c1-2-3-9-14-25-21(27)18-13-8-7-12-17(18)19(24-25)20(26)23-22-15-16-10-5-4-6-11-16/h4-8,10-13,15H,2-3,9,14H2,1H3,(H,23,26)/b22-15-. The van der Waals surface area contributed by atoms with Crippen molar-refractivity contribution in [1.29, 1.82) is 0 Å². The van der Waals surface area contributed by atoms with Gasteiger partial charge in [-0.3, -0.25) is 9.59 Å². The maximum absolute atomic E-state index is 12.6. The Morgan fingerprint density at radius 3 is 2.52 bits per heavy atom. The lowest BCUT2D eigenvalue weighted by molar-refractivity contribution is 0.0949. The minimum atomic E-state index is -0.442. The Balaban J connectivity index is 1.89. The van der Waals surface area contributed by atoms with E-state index < -0.39 is 5.91 Å². The number of hydrogen-bond acceptors (Lipinski definition) is 4. The Morgan fingerprint density at radius 2 is 1.78 bits per heavy atom. The molecule has 1 N–H and O–H groups in total. The van der Waals surface area contributed by atoms with Gasteiger partial charge in [0.05, 0.1) is 11.6 Å². The summed E-state index contributed by atoms with van der Waals surface area (Å²) >= 11 is 0. The Labute approximate surface area is 157 Å². The SMILES string of the molecule is CCCCCn1nc(C(=O)N/N=C\c2ccccc2)c2ccccc2c1=O. The number of carbonyl (C=O) groups excluding carboxylic acids is 1. The number of benzene rings is 2. The highest BCUT2D eigenvalue weighted by atomic mass is 16.2. The molecule has 0 atom stereocenters. The molecule has 0 radical (unpaired) electrons. The number of hydrazone groups is 1. The van der Waals surface area contributed by atoms with Gasteiger partial charge in [-0.2, -0.15) is 10.2 Å². The summed E-state index contributed by atoms with van der Waals surface area (Å²) in [6.07, 6.45) is 4.46. The zero-order valence-electron chi connectivity index (χ0n) is 15.3. The molecule has 2 aromatic carbocycles. The van der Waals surface area contributed by atoms with Crippen LogP contribution in [0.1, 0.15) is 42.2 Å². The molecule has 3 aromatic rings. The highest BCUT2D eigenvalue weighted by Gasteiger charge is 2.16. The first-order valence-corrected chi connectivity index (χ1v) is 9.09. The van der Waals surface area contributed by atoms with E-state index in [2.05, 4.69) is 22.5 Å². The minimum Gasteiger partial charge on any atom is -0.267 e. The van der Waals surface area contributed by atoms with E-state index in [9.17, 15) is 9.59 Å². The molecule has 0 saturated heterocycles. The van der Waals surface area contributed by atoms with Crippen molar-refractivity contribution in [1.82, 2.24) is 15.2 Å². The van der Waals surface area contributed by atoms with Gasteiger partial charge in [0.15, 0.2) is 5.69 Å². The normalized spacial score (nSPS) is 11.1. The molecule has 138 valence electrons. The molecule has 0 saturated carbocycles.